The average molecular weight is 581 g/mol. The summed E-state index contributed by atoms with van der Waals surface area (Å²) in [6.07, 6.45) is 6.88. The first-order chi connectivity index (χ1) is 20.5. The maximum Gasteiger partial charge on any atom is 0.271 e. The summed E-state index contributed by atoms with van der Waals surface area (Å²) in [5.74, 6) is 2.85. The van der Waals surface area contributed by atoms with E-state index in [2.05, 4.69) is 18.2 Å². The first-order valence-electron chi connectivity index (χ1n) is 13.8. The number of nitrogens with zero attached hydrogens (tertiary/aromatic N) is 2. The molecule has 0 N–H and O–H groups in total. The Hall–Kier alpha value is -4.56. The number of benzene rings is 3. The van der Waals surface area contributed by atoms with Gasteiger partial charge in [-0.1, -0.05) is 41.7 Å². The minimum Gasteiger partial charge on any atom is -0.497 e. The molecule has 0 saturated heterocycles. The normalized spacial score (nSPS) is 17.4. The second kappa shape index (κ2) is 11.7. The topological polar surface area (TPSA) is 71.3 Å². The Morgan fingerprint density at radius 2 is 1.45 bits per heavy atom. The minimum absolute atomic E-state index is 0.0628. The molecule has 1 aliphatic heterocycles. The molecule has 2 heterocycles. The number of aromatic nitrogens is 1. The number of ether oxygens (including phenoxy) is 4. The van der Waals surface area contributed by atoms with Gasteiger partial charge in [0.25, 0.3) is 5.56 Å². The van der Waals surface area contributed by atoms with Crippen molar-refractivity contribution >= 4 is 23.5 Å². The summed E-state index contributed by atoms with van der Waals surface area (Å²) in [5.41, 5.74) is 6.23. The van der Waals surface area contributed by atoms with Gasteiger partial charge in [0.2, 0.25) is 0 Å². The highest BCUT2D eigenvalue weighted by molar-refractivity contribution is 7.07. The molecule has 0 spiro atoms. The summed E-state index contributed by atoms with van der Waals surface area (Å²) in [7, 11) is 6.54. The fraction of sp³-hybridized carbons (Fsp3) is 0.235. The minimum atomic E-state index is -0.255. The lowest BCUT2D eigenvalue weighted by Gasteiger charge is -2.31. The second-order valence-corrected chi connectivity index (χ2v) is 11.1. The number of rotatable bonds is 7. The molecule has 0 amide bonds. The molecule has 1 atom stereocenters. The van der Waals surface area contributed by atoms with E-state index in [-0.39, 0.29) is 11.6 Å². The molecule has 0 saturated carbocycles. The van der Waals surface area contributed by atoms with Crippen molar-refractivity contribution in [1.29, 1.82) is 0 Å². The SMILES string of the molecule is COc1ccc(/C=C2/CCCC3=C2N=c2s/c(=C/c4ccc(OC)c(OC)c4)c(=O)n2C3c2ccc(OC)cc2)cc1. The summed E-state index contributed by atoms with van der Waals surface area (Å²) in [6.45, 7) is 0. The van der Waals surface area contributed by atoms with Crippen molar-refractivity contribution in [3.8, 4) is 23.0 Å². The van der Waals surface area contributed by atoms with Crippen LogP contribution in [-0.2, 0) is 0 Å². The van der Waals surface area contributed by atoms with Gasteiger partial charge in [0.05, 0.1) is 44.7 Å². The maximum atomic E-state index is 14.1. The quantitative estimate of drug-likeness (QED) is 0.288. The van der Waals surface area contributed by atoms with Crippen LogP contribution in [0.2, 0.25) is 0 Å². The van der Waals surface area contributed by atoms with Gasteiger partial charge in [-0.3, -0.25) is 9.36 Å². The van der Waals surface area contributed by atoms with Gasteiger partial charge in [0, 0.05) is 0 Å². The summed E-state index contributed by atoms with van der Waals surface area (Å²) in [4.78, 5) is 19.9. The molecule has 214 valence electrons. The Kier molecular flexibility index (Phi) is 7.71. The van der Waals surface area contributed by atoms with E-state index in [9.17, 15) is 4.79 Å². The Balaban J connectivity index is 1.53. The van der Waals surface area contributed by atoms with Crippen LogP contribution in [0.3, 0.4) is 0 Å². The molecule has 4 aromatic rings. The highest BCUT2D eigenvalue weighted by atomic mass is 32.1. The predicted molar refractivity (Wildman–Crippen MR) is 165 cm³/mol. The van der Waals surface area contributed by atoms with Crippen LogP contribution in [0.4, 0.5) is 0 Å². The third-order valence-electron chi connectivity index (χ3n) is 7.73. The first-order valence-corrected chi connectivity index (χ1v) is 14.6. The van der Waals surface area contributed by atoms with E-state index < -0.39 is 0 Å². The fourth-order valence-electron chi connectivity index (χ4n) is 5.64. The van der Waals surface area contributed by atoms with Crippen LogP contribution in [-0.4, -0.2) is 33.0 Å². The van der Waals surface area contributed by atoms with E-state index in [4.69, 9.17) is 23.9 Å². The second-order valence-electron chi connectivity index (χ2n) is 10.1. The van der Waals surface area contributed by atoms with Crippen LogP contribution >= 0.6 is 11.3 Å². The third kappa shape index (κ3) is 5.14. The zero-order valence-electron chi connectivity index (χ0n) is 24.0. The lowest BCUT2D eigenvalue weighted by Crippen LogP contribution is -2.39. The molecule has 1 unspecified atom stereocenters. The Bertz CT molecular complexity index is 1860. The van der Waals surface area contributed by atoms with Gasteiger partial charge in [0.1, 0.15) is 11.5 Å². The summed E-state index contributed by atoms with van der Waals surface area (Å²) in [6, 6.07) is 21.4. The zero-order chi connectivity index (χ0) is 29.2. The van der Waals surface area contributed by atoms with Crippen LogP contribution in [0.5, 0.6) is 23.0 Å². The van der Waals surface area contributed by atoms with E-state index in [1.165, 1.54) is 16.9 Å². The summed E-state index contributed by atoms with van der Waals surface area (Å²) >= 11 is 1.41. The highest BCUT2D eigenvalue weighted by Crippen LogP contribution is 2.41. The smallest absolute Gasteiger partial charge is 0.271 e. The molecular formula is C34H32N2O5S. The van der Waals surface area contributed by atoms with Gasteiger partial charge in [-0.25, -0.2) is 4.99 Å². The Labute approximate surface area is 248 Å². The van der Waals surface area contributed by atoms with Crippen molar-refractivity contribution in [3.05, 3.63) is 120 Å². The molecule has 6 rings (SSSR count). The van der Waals surface area contributed by atoms with E-state index >= 15 is 0 Å². The van der Waals surface area contributed by atoms with Crippen molar-refractivity contribution in [2.24, 2.45) is 4.99 Å². The average Bonchev–Trinajstić information content (AvgIpc) is 3.34. The summed E-state index contributed by atoms with van der Waals surface area (Å²) < 4.78 is 24.1. The largest absolute Gasteiger partial charge is 0.497 e. The van der Waals surface area contributed by atoms with Gasteiger partial charge >= 0.3 is 0 Å². The number of hydrogen-bond donors (Lipinski definition) is 0. The van der Waals surface area contributed by atoms with Crippen molar-refractivity contribution in [1.82, 2.24) is 4.57 Å². The van der Waals surface area contributed by atoms with Crippen molar-refractivity contribution in [2.75, 3.05) is 28.4 Å². The molecular weight excluding hydrogens is 548 g/mol. The number of hydrogen-bond acceptors (Lipinski definition) is 7. The standard InChI is InChI=1S/C34H32N2O5S/c1-38-25-13-8-21(9-14-25)18-24-6-5-7-27-31(24)35-34-36(32(27)23-11-15-26(39-2)16-12-23)33(37)30(42-34)20-22-10-17-28(40-3)29(19-22)41-4/h8-20,32H,5-7H2,1-4H3/b24-18-,30-20+. The highest BCUT2D eigenvalue weighted by Gasteiger charge is 2.32. The Morgan fingerprint density at radius 3 is 2.12 bits per heavy atom. The Morgan fingerprint density at radius 1 is 0.786 bits per heavy atom. The van der Waals surface area contributed by atoms with Crippen LogP contribution in [0.15, 0.2) is 93.4 Å². The van der Waals surface area contributed by atoms with Gasteiger partial charge in [-0.15, -0.1) is 0 Å². The summed E-state index contributed by atoms with van der Waals surface area (Å²) in [5, 5.41) is 0. The van der Waals surface area contributed by atoms with Gasteiger partial charge < -0.3 is 18.9 Å². The van der Waals surface area contributed by atoms with E-state index in [1.54, 1.807) is 28.4 Å². The van der Waals surface area contributed by atoms with Crippen molar-refractivity contribution in [2.45, 2.75) is 25.3 Å². The van der Waals surface area contributed by atoms with Crippen LogP contribution < -0.4 is 33.8 Å². The van der Waals surface area contributed by atoms with Gasteiger partial charge in [-0.05, 0) is 95.6 Å². The van der Waals surface area contributed by atoms with Crippen molar-refractivity contribution < 1.29 is 18.9 Å². The zero-order valence-corrected chi connectivity index (χ0v) is 24.9. The predicted octanol–water partition coefficient (Wildman–Crippen LogP) is 5.52. The van der Waals surface area contributed by atoms with E-state index in [0.29, 0.717) is 20.8 Å². The number of methoxy groups -OCH3 is 4. The number of fused-ring (bicyclic) bond motifs is 1. The molecule has 2 aliphatic rings. The molecule has 0 bridgehead atoms. The first kappa shape index (κ1) is 27.6. The fourth-order valence-corrected chi connectivity index (χ4v) is 6.64. The van der Waals surface area contributed by atoms with Gasteiger partial charge in [0.15, 0.2) is 16.3 Å². The molecule has 42 heavy (non-hydrogen) atoms. The maximum absolute atomic E-state index is 14.1. The molecule has 1 aromatic heterocycles. The lowest BCUT2D eigenvalue weighted by molar-refractivity contribution is 0.355. The lowest BCUT2D eigenvalue weighted by atomic mass is 9.84. The third-order valence-corrected chi connectivity index (χ3v) is 8.71. The van der Waals surface area contributed by atoms with Crippen LogP contribution in [0.1, 0.15) is 42.0 Å². The van der Waals surface area contributed by atoms with Crippen LogP contribution in [0, 0.1) is 0 Å². The van der Waals surface area contributed by atoms with E-state index in [1.807, 2.05) is 65.2 Å². The van der Waals surface area contributed by atoms with Gasteiger partial charge in [-0.2, -0.15) is 0 Å². The molecule has 1 aliphatic carbocycles. The monoisotopic (exact) mass is 580 g/mol. The van der Waals surface area contributed by atoms with Crippen LogP contribution in [0.25, 0.3) is 12.2 Å². The molecule has 0 radical (unpaired) electrons. The molecule has 3 aromatic carbocycles. The molecule has 8 heteroatoms. The number of thiazole rings is 1. The molecule has 0 fully saturated rings. The number of allylic oxidation sites excluding steroid dienone is 2. The van der Waals surface area contributed by atoms with Crippen molar-refractivity contribution in [3.63, 3.8) is 0 Å². The molecule has 7 nitrogen and oxygen atoms in total. The van der Waals surface area contributed by atoms with E-state index in [0.717, 1.165) is 58.7 Å².